The fraction of sp³-hybridized carbons (Fsp3) is 0.583. The minimum atomic E-state index is 0.197. The highest BCUT2D eigenvalue weighted by Crippen LogP contribution is 2.48. The van der Waals surface area contributed by atoms with E-state index in [-0.39, 0.29) is 6.04 Å². The molecule has 3 N–H and O–H groups in total. The first-order valence-electron chi connectivity index (χ1n) is 5.72. The highest BCUT2D eigenvalue weighted by Gasteiger charge is 2.45. The molecule has 0 saturated carbocycles. The number of nitrogens with one attached hydrogen (secondary N) is 1. The molecule has 3 heteroatoms. The molecule has 0 bridgehead atoms. The lowest BCUT2D eigenvalue weighted by atomic mass is 9.74. The van der Waals surface area contributed by atoms with E-state index in [1.54, 1.807) is 0 Å². The summed E-state index contributed by atoms with van der Waals surface area (Å²) in [6.07, 6.45) is 5.33. The average Bonchev–Trinajstić information content (AvgIpc) is 2.54. The van der Waals surface area contributed by atoms with Crippen LogP contribution in [0.2, 0.25) is 0 Å². The molecule has 1 fully saturated rings. The summed E-state index contributed by atoms with van der Waals surface area (Å²) in [7, 11) is 0. The fourth-order valence-electron chi connectivity index (χ4n) is 3.07. The molecule has 0 unspecified atom stereocenters. The van der Waals surface area contributed by atoms with Gasteiger partial charge in [-0.3, -0.25) is 4.98 Å². The molecule has 0 amide bonds. The quantitative estimate of drug-likeness (QED) is 0.661. The van der Waals surface area contributed by atoms with Crippen LogP contribution in [-0.4, -0.2) is 18.1 Å². The third-order valence-corrected chi connectivity index (χ3v) is 4.04. The first kappa shape index (κ1) is 9.31. The van der Waals surface area contributed by atoms with Crippen molar-refractivity contribution in [1.29, 1.82) is 0 Å². The van der Waals surface area contributed by atoms with Crippen LogP contribution in [0.15, 0.2) is 18.3 Å². The molecule has 2 aliphatic rings. The number of pyridine rings is 1. The first-order chi connectivity index (χ1) is 7.32. The molecule has 3 rings (SSSR count). The van der Waals surface area contributed by atoms with Crippen LogP contribution in [-0.2, 0) is 6.42 Å². The minimum Gasteiger partial charge on any atom is -0.323 e. The van der Waals surface area contributed by atoms with Crippen molar-refractivity contribution in [3.8, 4) is 0 Å². The van der Waals surface area contributed by atoms with Crippen LogP contribution in [0.3, 0.4) is 0 Å². The molecule has 3 nitrogen and oxygen atoms in total. The summed E-state index contributed by atoms with van der Waals surface area (Å²) in [6.45, 7) is 2.20. The zero-order valence-corrected chi connectivity index (χ0v) is 8.87. The maximum absolute atomic E-state index is 6.39. The van der Waals surface area contributed by atoms with E-state index < -0.39 is 0 Å². The summed E-state index contributed by atoms with van der Waals surface area (Å²) in [6, 6.07) is 4.34. The van der Waals surface area contributed by atoms with E-state index in [1.165, 1.54) is 24.1 Å². The number of nitrogens with zero attached hydrogens (tertiary/aromatic N) is 1. The number of fused-ring (bicyclic) bond motifs is 1. The first-order valence-corrected chi connectivity index (χ1v) is 5.72. The lowest BCUT2D eigenvalue weighted by Crippen LogP contribution is -2.42. The van der Waals surface area contributed by atoms with Crippen LogP contribution in [0.1, 0.15) is 30.1 Å². The van der Waals surface area contributed by atoms with Crippen LogP contribution < -0.4 is 11.1 Å². The Morgan fingerprint density at radius 3 is 2.93 bits per heavy atom. The second-order valence-corrected chi connectivity index (χ2v) is 4.81. The monoisotopic (exact) mass is 203 g/mol. The van der Waals surface area contributed by atoms with Gasteiger partial charge in [-0.15, -0.1) is 0 Å². The Bertz CT molecular complexity index is 369. The van der Waals surface area contributed by atoms with Crippen molar-refractivity contribution in [2.24, 2.45) is 11.1 Å². The van der Waals surface area contributed by atoms with Crippen molar-refractivity contribution in [1.82, 2.24) is 10.3 Å². The normalized spacial score (nSPS) is 27.9. The maximum atomic E-state index is 6.39. The molecule has 1 aliphatic heterocycles. The predicted octanol–water partition coefficient (Wildman–Crippen LogP) is 1.01. The second kappa shape index (κ2) is 3.29. The molecular weight excluding hydrogens is 186 g/mol. The average molecular weight is 203 g/mol. The van der Waals surface area contributed by atoms with Crippen molar-refractivity contribution in [2.75, 3.05) is 13.1 Å². The summed E-state index contributed by atoms with van der Waals surface area (Å²) in [4.78, 5) is 4.46. The van der Waals surface area contributed by atoms with E-state index in [0.29, 0.717) is 5.41 Å². The van der Waals surface area contributed by atoms with Gasteiger partial charge in [-0.2, -0.15) is 0 Å². The van der Waals surface area contributed by atoms with Crippen LogP contribution >= 0.6 is 0 Å². The van der Waals surface area contributed by atoms with Gasteiger partial charge < -0.3 is 11.1 Å². The molecule has 1 atom stereocenters. The van der Waals surface area contributed by atoms with E-state index in [0.717, 1.165) is 19.5 Å². The number of aromatic nitrogens is 1. The summed E-state index contributed by atoms with van der Waals surface area (Å²) in [5.41, 5.74) is 9.19. The summed E-state index contributed by atoms with van der Waals surface area (Å²) in [5, 5.41) is 3.41. The molecule has 0 aromatic carbocycles. The smallest absolute Gasteiger partial charge is 0.0457 e. The molecule has 80 valence electrons. The number of rotatable bonds is 0. The Labute approximate surface area is 90.1 Å². The van der Waals surface area contributed by atoms with E-state index in [1.807, 2.05) is 12.3 Å². The van der Waals surface area contributed by atoms with Gasteiger partial charge in [0.15, 0.2) is 0 Å². The van der Waals surface area contributed by atoms with Gasteiger partial charge in [0.25, 0.3) is 0 Å². The van der Waals surface area contributed by atoms with Gasteiger partial charge in [-0.25, -0.2) is 0 Å². The molecule has 1 spiro atoms. The zero-order chi connectivity index (χ0) is 10.3. The summed E-state index contributed by atoms with van der Waals surface area (Å²) in [5.74, 6) is 0. The van der Waals surface area contributed by atoms with Gasteiger partial charge in [0, 0.05) is 17.9 Å². The molecule has 1 saturated heterocycles. The third-order valence-electron chi connectivity index (χ3n) is 4.04. The molecule has 1 aliphatic carbocycles. The van der Waals surface area contributed by atoms with Gasteiger partial charge in [0.2, 0.25) is 0 Å². The van der Waals surface area contributed by atoms with Crippen molar-refractivity contribution < 1.29 is 0 Å². The van der Waals surface area contributed by atoms with E-state index >= 15 is 0 Å². The fourth-order valence-corrected chi connectivity index (χ4v) is 3.07. The Hall–Kier alpha value is -0.930. The molecular formula is C12H17N3. The van der Waals surface area contributed by atoms with Crippen molar-refractivity contribution in [3.63, 3.8) is 0 Å². The number of hydrogen-bond donors (Lipinski definition) is 2. The number of piperidine rings is 1. The SMILES string of the molecule is N[C@@H]1c2cccnc2CC12CCNCC2. The largest absolute Gasteiger partial charge is 0.323 e. The van der Waals surface area contributed by atoms with Crippen LogP contribution in [0.5, 0.6) is 0 Å². The van der Waals surface area contributed by atoms with Gasteiger partial charge in [0.05, 0.1) is 0 Å². The van der Waals surface area contributed by atoms with Gasteiger partial charge in [0.1, 0.15) is 0 Å². The number of nitrogens with two attached hydrogens (primary N) is 1. The topological polar surface area (TPSA) is 50.9 Å². The molecule has 1 aromatic heterocycles. The molecule has 15 heavy (non-hydrogen) atoms. The van der Waals surface area contributed by atoms with Crippen LogP contribution in [0.25, 0.3) is 0 Å². The van der Waals surface area contributed by atoms with Crippen molar-refractivity contribution in [3.05, 3.63) is 29.6 Å². The maximum Gasteiger partial charge on any atom is 0.0457 e. The van der Waals surface area contributed by atoms with Crippen LogP contribution in [0.4, 0.5) is 0 Å². The van der Waals surface area contributed by atoms with Gasteiger partial charge in [-0.1, -0.05) is 6.07 Å². The molecule has 2 heterocycles. The van der Waals surface area contributed by atoms with E-state index in [9.17, 15) is 0 Å². The lowest BCUT2D eigenvalue weighted by molar-refractivity contribution is 0.173. The summed E-state index contributed by atoms with van der Waals surface area (Å²) >= 11 is 0. The summed E-state index contributed by atoms with van der Waals surface area (Å²) < 4.78 is 0. The molecule has 1 aromatic rings. The van der Waals surface area contributed by atoms with Crippen molar-refractivity contribution in [2.45, 2.75) is 25.3 Å². The number of hydrogen-bond acceptors (Lipinski definition) is 3. The highest BCUT2D eigenvalue weighted by atomic mass is 14.9. The van der Waals surface area contributed by atoms with Gasteiger partial charge in [-0.05, 0) is 49.4 Å². The zero-order valence-electron chi connectivity index (χ0n) is 8.87. The van der Waals surface area contributed by atoms with Crippen molar-refractivity contribution >= 4 is 0 Å². The highest BCUT2D eigenvalue weighted by molar-refractivity contribution is 5.33. The minimum absolute atomic E-state index is 0.197. The predicted molar refractivity (Wildman–Crippen MR) is 59.4 cm³/mol. The van der Waals surface area contributed by atoms with E-state index in [2.05, 4.69) is 16.4 Å². The second-order valence-electron chi connectivity index (χ2n) is 4.81. The van der Waals surface area contributed by atoms with Gasteiger partial charge >= 0.3 is 0 Å². The third kappa shape index (κ3) is 1.30. The Morgan fingerprint density at radius 2 is 2.20 bits per heavy atom. The Balaban J connectivity index is 1.98. The molecule has 0 radical (unpaired) electrons. The Kier molecular flexibility index (Phi) is 2.04. The van der Waals surface area contributed by atoms with E-state index in [4.69, 9.17) is 5.73 Å². The Morgan fingerprint density at radius 1 is 1.40 bits per heavy atom. The standard InChI is InChI=1S/C12H17N3/c13-11-9-2-1-5-15-10(9)8-12(11)3-6-14-7-4-12/h1-2,5,11,14H,3-4,6-8,13H2/t11-/m1/s1. The lowest BCUT2D eigenvalue weighted by Gasteiger charge is -2.37. The van der Waals surface area contributed by atoms with Crippen LogP contribution in [0, 0.1) is 5.41 Å².